The Balaban J connectivity index is 1.49. The fourth-order valence-electron chi connectivity index (χ4n) is 3.25. The number of carbonyl (C=O) groups excluding carboxylic acids is 1. The third kappa shape index (κ3) is 4.45. The van der Waals surface area contributed by atoms with Gasteiger partial charge in [0.1, 0.15) is 22.3 Å². The minimum atomic E-state index is -0.302. The molecule has 0 aliphatic carbocycles. The Kier molecular flexibility index (Phi) is 5.87. The number of nitrogens with one attached hydrogen (secondary N) is 2. The molecular formula is C24H21FN4O2S. The maximum absolute atomic E-state index is 13.2. The van der Waals surface area contributed by atoms with E-state index in [0.29, 0.717) is 27.1 Å². The molecule has 32 heavy (non-hydrogen) atoms. The SMILES string of the molecule is Cc1cc(-c2ccc(F)cc2)cnc1Nc1ncc(C(=O)Nc2c(C)ccc(O)c2C)s1. The summed E-state index contributed by atoms with van der Waals surface area (Å²) in [4.78, 5) is 21.9. The zero-order valence-electron chi connectivity index (χ0n) is 17.7. The van der Waals surface area contributed by atoms with E-state index in [4.69, 9.17) is 0 Å². The Morgan fingerprint density at radius 1 is 0.969 bits per heavy atom. The summed E-state index contributed by atoms with van der Waals surface area (Å²) in [5.74, 6) is 0.165. The number of hydrogen-bond acceptors (Lipinski definition) is 6. The van der Waals surface area contributed by atoms with Crippen molar-refractivity contribution in [1.29, 1.82) is 0 Å². The number of halogens is 1. The number of aromatic nitrogens is 2. The molecule has 2 aromatic heterocycles. The maximum atomic E-state index is 13.2. The van der Waals surface area contributed by atoms with Gasteiger partial charge in [0.25, 0.3) is 5.91 Å². The van der Waals surface area contributed by atoms with E-state index in [1.165, 1.54) is 29.7 Å². The second-order valence-electron chi connectivity index (χ2n) is 7.41. The molecule has 0 aliphatic heterocycles. The average Bonchev–Trinajstić information content (AvgIpc) is 3.24. The van der Waals surface area contributed by atoms with Gasteiger partial charge in [0.05, 0.1) is 11.9 Å². The third-order valence-electron chi connectivity index (χ3n) is 5.09. The molecule has 2 aromatic carbocycles. The number of carbonyl (C=O) groups is 1. The van der Waals surface area contributed by atoms with E-state index in [-0.39, 0.29) is 17.5 Å². The van der Waals surface area contributed by atoms with Crippen LogP contribution in [0.25, 0.3) is 11.1 Å². The number of hydrogen-bond donors (Lipinski definition) is 3. The van der Waals surface area contributed by atoms with Crippen molar-refractivity contribution in [1.82, 2.24) is 9.97 Å². The average molecular weight is 449 g/mol. The number of anilines is 3. The summed E-state index contributed by atoms with van der Waals surface area (Å²) in [5, 5.41) is 16.4. The number of pyridine rings is 1. The lowest BCUT2D eigenvalue weighted by Crippen LogP contribution is -2.12. The number of benzene rings is 2. The Morgan fingerprint density at radius 2 is 1.72 bits per heavy atom. The van der Waals surface area contributed by atoms with Crippen molar-refractivity contribution >= 4 is 33.9 Å². The lowest BCUT2D eigenvalue weighted by Gasteiger charge is -2.12. The van der Waals surface area contributed by atoms with Gasteiger partial charge in [-0.3, -0.25) is 4.79 Å². The molecule has 3 N–H and O–H groups in total. The van der Waals surface area contributed by atoms with Crippen LogP contribution in [-0.2, 0) is 0 Å². The van der Waals surface area contributed by atoms with Crippen molar-refractivity contribution in [2.45, 2.75) is 20.8 Å². The van der Waals surface area contributed by atoms with Gasteiger partial charge in [-0.2, -0.15) is 0 Å². The van der Waals surface area contributed by atoms with Crippen LogP contribution in [0.15, 0.2) is 54.9 Å². The van der Waals surface area contributed by atoms with Gasteiger partial charge in [0, 0.05) is 17.3 Å². The molecule has 0 fully saturated rings. The molecule has 0 radical (unpaired) electrons. The number of rotatable bonds is 5. The molecular weight excluding hydrogens is 427 g/mol. The van der Waals surface area contributed by atoms with Gasteiger partial charge in [-0.05, 0) is 61.7 Å². The summed E-state index contributed by atoms with van der Waals surface area (Å²) in [7, 11) is 0. The maximum Gasteiger partial charge on any atom is 0.267 e. The van der Waals surface area contributed by atoms with E-state index in [0.717, 1.165) is 22.3 Å². The standard InChI is InChI=1S/C24H21FN4O2S/c1-13-4-9-19(30)15(3)21(13)28-23(31)20-12-27-24(32-20)29-22-14(2)10-17(11-26-22)16-5-7-18(25)8-6-16/h4-12,30H,1-3H3,(H,28,31)(H,26,27,29). The molecule has 2 heterocycles. The first-order valence-corrected chi connectivity index (χ1v) is 10.7. The number of aromatic hydroxyl groups is 1. The summed E-state index contributed by atoms with van der Waals surface area (Å²) < 4.78 is 13.2. The molecule has 162 valence electrons. The largest absolute Gasteiger partial charge is 0.508 e. The van der Waals surface area contributed by atoms with Gasteiger partial charge in [-0.25, -0.2) is 14.4 Å². The molecule has 0 unspecified atom stereocenters. The van der Waals surface area contributed by atoms with Crippen molar-refractivity contribution in [3.63, 3.8) is 0 Å². The highest BCUT2D eigenvalue weighted by Gasteiger charge is 2.15. The van der Waals surface area contributed by atoms with Gasteiger partial charge in [0.2, 0.25) is 0 Å². The van der Waals surface area contributed by atoms with Gasteiger partial charge in [0.15, 0.2) is 5.13 Å². The Labute approximate surface area is 188 Å². The van der Waals surface area contributed by atoms with Crippen LogP contribution in [-0.4, -0.2) is 21.0 Å². The minimum Gasteiger partial charge on any atom is -0.508 e. The van der Waals surface area contributed by atoms with Gasteiger partial charge in [-0.1, -0.05) is 29.5 Å². The summed E-state index contributed by atoms with van der Waals surface area (Å²) in [6.45, 7) is 5.53. The van der Waals surface area contributed by atoms with Crippen molar-refractivity contribution in [3.05, 3.63) is 82.2 Å². The van der Waals surface area contributed by atoms with Gasteiger partial charge < -0.3 is 15.7 Å². The fraction of sp³-hybridized carbons (Fsp3) is 0.125. The van der Waals surface area contributed by atoms with Crippen molar-refractivity contribution in [2.24, 2.45) is 0 Å². The first-order chi connectivity index (χ1) is 15.3. The van der Waals surface area contributed by atoms with Crippen LogP contribution in [0, 0.1) is 26.6 Å². The lowest BCUT2D eigenvalue weighted by atomic mass is 10.1. The number of phenols is 1. The zero-order valence-corrected chi connectivity index (χ0v) is 18.5. The summed E-state index contributed by atoms with van der Waals surface area (Å²) in [5.41, 5.74) is 4.70. The third-order valence-corrected chi connectivity index (χ3v) is 6.01. The molecule has 4 aromatic rings. The lowest BCUT2D eigenvalue weighted by molar-refractivity contribution is 0.103. The van der Waals surface area contributed by atoms with Crippen molar-refractivity contribution in [3.8, 4) is 16.9 Å². The molecule has 8 heteroatoms. The number of phenolic OH excluding ortho intramolecular Hbond substituents is 1. The summed E-state index contributed by atoms with van der Waals surface area (Å²) >= 11 is 1.20. The first kappa shape index (κ1) is 21.5. The number of thiazole rings is 1. The fourth-order valence-corrected chi connectivity index (χ4v) is 3.96. The quantitative estimate of drug-likeness (QED) is 0.350. The molecule has 0 saturated heterocycles. The molecule has 0 bridgehead atoms. The first-order valence-electron chi connectivity index (χ1n) is 9.88. The van der Waals surface area contributed by atoms with Crippen LogP contribution >= 0.6 is 11.3 Å². The normalized spacial score (nSPS) is 10.8. The predicted molar refractivity (Wildman–Crippen MR) is 125 cm³/mol. The van der Waals surface area contributed by atoms with E-state index >= 15 is 0 Å². The van der Waals surface area contributed by atoms with E-state index in [2.05, 4.69) is 20.6 Å². The van der Waals surface area contributed by atoms with E-state index in [1.54, 1.807) is 37.4 Å². The van der Waals surface area contributed by atoms with Gasteiger partial charge >= 0.3 is 0 Å². The predicted octanol–water partition coefficient (Wildman–Crippen LogP) is 5.97. The molecule has 0 spiro atoms. The second-order valence-corrected chi connectivity index (χ2v) is 8.44. The molecule has 0 atom stereocenters. The molecule has 6 nitrogen and oxygen atoms in total. The number of aryl methyl sites for hydroxylation is 2. The number of amides is 1. The second kappa shape index (κ2) is 8.76. The Bertz CT molecular complexity index is 1300. The van der Waals surface area contributed by atoms with Crippen LogP contribution in [0.1, 0.15) is 26.4 Å². The van der Waals surface area contributed by atoms with E-state index in [9.17, 15) is 14.3 Å². The van der Waals surface area contributed by atoms with Gasteiger partial charge in [-0.15, -0.1) is 0 Å². The smallest absolute Gasteiger partial charge is 0.267 e. The summed E-state index contributed by atoms with van der Waals surface area (Å²) in [6.07, 6.45) is 3.20. The van der Waals surface area contributed by atoms with Crippen LogP contribution in [0.2, 0.25) is 0 Å². The monoisotopic (exact) mass is 448 g/mol. The van der Waals surface area contributed by atoms with E-state index < -0.39 is 0 Å². The molecule has 1 amide bonds. The van der Waals surface area contributed by atoms with Crippen LogP contribution in [0.4, 0.5) is 21.0 Å². The van der Waals surface area contributed by atoms with E-state index in [1.807, 2.05) is 19.9 Å². The summed E-state index contributed by atoms with van der Waals surface area (Å²) in [6, 6.07) is 11.6. The Hall–Kier alpha value is -3.78. The zero-order chi connectivity index (χ0) is 22.8. The van der Waals surface area contributed by atoms with Crippen LogP contribution in [0.3, 0.4) is 0 Å². The highest BCUT2D eigenvalue weighted by atomic mass is 32.1. The molecule has 0 aliphatic rings. The number of nitrogens with zero attached hydrogens (tertiary/aromatic N) is 2. The molecule has 0 saturated carbocycles. The highest BCUT2D eigenvalue weighted by Crippen LogP contribution is 2.30. The molecule has 4 rings (SSSR count). The van der Waals surface area contributed by atoms with Crippen molar-refractivity contribution < 1.29 is 14.3 Å². The Morgan fingerprint density at radius 3 is 2.44 bits per heavy atom. The minimum absolute atomic E-state index is 0.128. The van der Waals surface area contributed by atoms with Crippen molar-refractivity contribution in [2.75, 3.05) is 10.6 Å². The highest BCUT2D eigenvalue weighted by molar-refractivity contribution is 7.17. The van der Waals surface area contributed by atoms with Crippen LogP contribution < -0.4 is 10.6 Å². The topological polar surface area (TPSA) is 87.1 Å². The van der Waals surface area contributed by atoms with Crippen LogP contribution in [0.5, 0.6) is 5.75 Å².